The van der Waals surface area contributed by atoms with Crippen LogP contribution in [0.5, 0.6) is 0 Å². The van der Waals surface area contributed by atoms with Crippen molar-refractivity contribution in [3.8, 4) is 6.07 Å². The number of para-hydroxylation sites is 1. The minimum absolute atomic E-state index is 0.0972. The molecule has 0 radical (unpaired) electrons. The molecule has 0 aliphatic heterocycles. The number of hydrogen-bond acceptors (Lipinski definition) is 2. The number of hydrogen-bond donors (Lipinski definition) is 2. The average Bonchev–Trinajstić information content (AvgIpc) is 2.94. The zero-order valence-corrected chi connectivity index (χ0v) is 14.3. The van der Waals surface area contributed by atoms with Crippen LogP contribution >= 0.6 is 0 Å². The van der Waals surface area contributed by atoms with Gasteiger partial charge in [-0.15, -0.1) is 0 Å². The van der Waals surface area contributed by atoms with Crippen LogP contribution in [0, 0.1) is 25.2 Å². The van der Waals surface area contributed by atoms with E-state index in [1.807, 2.05) is 68.4 Å². The summed E-state index contributed by atoms with van der Waals surface area (Å²) in [6, 6.07) is 17.8. The van der Waals surface area contributed by atoms with Gasteiger partial charge < -0.3 is 10.3 Å². The summed E-state index contributed by atoms with van der Waals surface area (Å²) < 4.78 is 0. The molecule has 0 unspecified atom stereocenters. The number of nitriles is 1. The van der Waals surface area contributed by atoms with Crippen molar-refractivity contribution in [2.75, 3.05) is 0 Å². The van der Waals surface area contributed by atoms with Crippen LogP contribution in [0.3, 0.4) is 0 Å². The molecule has 0 fully saturated rings. The molecule has 0 bridgehead atoms. The van der Waals surface area contributed by atoms with E-state index in [1.54, 1.807) is 6.08 Å². The molecule has 0 atom stereocenters. The van der Waals surface area contributed by atoms with Crippen molar-refractivity contribution in [1.29, 1.82) is 5.26 Å². The molecule has 4 heteroatoms. The Morgan fingerprint density at radius 2 is 1.88 bits per heavy atom. The maximum absolute atomic E-state index is 12.4. The average molecular weight is 329 g/mol. The number of rotatable bonds is 4. The lowest BCUT2D eigenvalue weighted by molar-refractivity contribution is -0.117. The number of carbonyl (C=O) groups excluding carboxylic acids is 1. The summed E-state index contributed by atoms with van der Waals surface area (Å²) in [6.07, 6.45) is 1.65. The highest BCUT2D eigenvalue weighted by Gasteiger charge is 2.12. The molecule has 2 aromatic carbocycles. The van der Waals surface area contributed by atoms with Gasteiger partial charge in [0.25, 0.3) is 5.91 Å². The molecule has 124 valence electrons. The highest BCUT2D eigenvalue weighted by molar-refractivity contribution is 6.04. The van der Waals surface area contributed by atoms with E-state index in [2.05, 4.69) is 10.3 Å². The fraction of sp³-hybridized carbons (Fsp3) is 0.143. The second-order valence-corrected chi connectivity index (χ2v) is 6.05. The normalized spacial score (nSPS) is 11.3. The standard InChI is InChI=1S/C21H19N3O/c1-14-7-9-16(10-8-14)13-23-21(25)17(12-22)11-19-15(2)24-20-6-4-3-5-18(19)20/h3-11,24H,13H2,1-2H3,(H,23,25)/b17-11+. The van der Waals surface area contributed by atoms with E-state index in [4.69, 9.17) is 0 Å². The number of aromatic amines is 1. The summed E-state index contributed by atoms with van der Waals surface area (Å²) in [4.78, 5) is 15.6. The molecule has 3 aromatic rings. The minimum atomic E-state index is -0.368. The number of amides is 1. The summed E-state index contributed by atoms with van der Waals surface area (Å²) in [6.45, 7) is 4.35. The van der Waals surface area contributed by atoms with Gasteiger partial charge in [0.2, 0.25) is 0 Å². The third-order valence-electron chi connectivity index (χ3n) is 4.17. The minimum Gasteiger partial charge on any atom is -0.358 e. The van der Waals surface area contributed by atoms with E-state index in [9.17, 15) is 10.1 Å². The van der Waals surface area contributed by atoms with Crippen LogP contribution in [-0.4, -0.2) is 10.9 Å². The van der Waals surface area contributed by atoms with E-state index in [0.29, 0.717) is 6.54 Å². The van der Waals surface area contributed by atoms with E-state index in [-0.39, 0.29) is 11.5 Å². The fourth-order valence-electron chi connectivity index (χ4n) is 2.76. The van der Waals surface area contributed by atoms with Crippen molar-refractivity contribution in [3.63, 3.8) is 0 Å². The molecule has 0 saturated heterocycles. The zero-order chi connectivity index (χ0) is 17.8. The molecule has 2 N–H and O–H groups in total. The van der Waals surface area contributed by atoms with Crippen LogP contribution in [0.25, 0.3) is 17.0 Å². The topological polar surface area (TPSA) is 68.7 Å². The number of H-pyrrole nitrogens is 1. The number of aromatic nitrogens is 1. The summed E-state index contributed by atoms with van der Waals surface area (Å²) in [5.74, 6) is -0.368. The van der Waals surface area contributed by atoms with Gasteiger partial charge in [-0.3, -0.25) is 4.79 Å². The van der Waals surface area contributed by atoms with Gasteiger partial charge in [-0.2, -0.15) is 5.26 Å². The zero-order valence-electron chi connectivity index (χ0n) is 14.3. The third-order valence-corrected chi connectivity index (χ3v) is 4.17. The first-order chi connectivity index (χ1) is 12.1. The fourth-order valence-corrected chi connectivity index (χ4v) is 2.76. The summed E-state index contributed by atoms with van der Waals surface area (Å²) in [7, 11) is 0. The Labute approximate surface area is 146 Å². The lowest BCUT2D eigenvalue weighted by atomic mass is 10.1. The van der Waals surface area contributed by atoms with Crippen molar-refractivity contribution in [2.45, 2.75) is 20.4 Å². The van der Waals surface area contributed by atoms with Crippen LogP contribution in [-0.2, 0) is 11.3 Å². The molecule has 0 aliphatic rings. The Hall–Kier alpha value is -3.32. The largest absolute Gasteiger partial charge is 0.358 e. The van der Waals surface area contributed by atoms with Gasteiger partial charge in [-0.05, 0) is 31.6 Å². The first-order valence-electron chi connectivity index (χ1n) is 8.11. The molecule has 25 heavy (non-hydrogen) atoms. The third kappa shape index (κ3) is 3.61. The van der Waals surface area contributed by atoms with E-state index >= 15 is 0 Å². The van der Waals surface area contributed by atoms with Gasteiger partial charge in [0, 0.05) is 28.7 Å². The van der Waals surface area contributed by atoms with Gasteiger partial charge in [0.15, 0.2) is 0 Å². The highest BCUT2D eigenvalue weighted by atomic mass is 16.1. The Morgan fingerprint density at radius 1 is 1.16 bits per heavy atom. The summed E-state index contributed by atoms with van der Waals surface area (Å²) >= 11 is 0. The van der Waals surface area contributed by atoms with E-state index < -0.39 is 0 Å². The monoisotopic (exact) mass is 329 g/mol. The molecule has 0 saturated carbocycles. The number of nitrogens with one attached hydrogen (secondary N) is 2. The van der Waals surface area contributed by atoms with Gasteiger partial charge in [-0.1, -0.05) is 48.0 Å². The summed E-state index contributed by atoms with van der Waals surface area (Å²) in [5.41, 5.74) is 5.06. The number of benzene rings is 2. The molecule has 1 heterocycles. The van der Waals surface area contributed by atoms with Crippen molar-refractivity contribution in [1.82, 2.24) is 10.3 Å². The van der Waals surface area contributed by atoms with Crippen LogP contribution in [0.1, 0.15) is 22.4 Å². The molecule has 4 nitrogen and oxygen atoms in total. The first kappa shape index (κ1) is 16.5. The number of fused-ring (bicyclic) bond motifs is 1. The smallest absolute Gasteiger partial charge is 0.262 e. The molecular weight excluding hydrogens is 310 g/mol. The Kier molecular flexibility index (Phi) is 4.67. The predicted molar refractivity (Wildman–Crippen MR) is 99.7 cm³/mol. The molecular formula is C21H19N3O. The Balaban J connectivity index is 1.82. The quantitative estimate of drug-likeness (QED) is 0.561. The van der Waals surface area contributed by atoms with Crippen molar-refractivity contribution >= 4 is 22.9 Å². The maximum Gasteiger partial charge on any atom is 0.262 e. The van der Waals surface area contributed by atoms with Gasteiger partial charge in [0.1, 0.15) is 11.6 Å². The lowest BCUT2D eigenvalue weighted by Crippen LogP contribution is -2.23. The predicted octanol–water partition coefficient (Wildman–Crippen LogP) is 4.01. The first-order valence-corrected chi connectivity index (χ1v) is 8.11. The lowest BCUT2D eigenvalue weighted by Gasteiger charge is -2.05. The van der Waals surface area contributed by atoms with Crippen molar-refractivity contribution in [2.24, 2.45) is 0 Å². The SMILES string of the molecule is Cc1ccc(CNC(=O)/C(C#N)=C/c2c(C)[nH]c3ccccc23)cc1. The van der Waals surface area contributed by atoms with E-state index in [0.717, 1.165) is 27.7 Å². The second-order valence-electron chi connectivity index (χ2n) is 6.05. The van der Waals surface area contributed by atoms with Crippen LogP contribution < -0.4 is 5.32 Å². The Bertz CT molecular complexity index is 988. The van der Waals surface area contributed by atoms with Crippen molar-refractivity contribution in [3.05, 3.63) is 76.5 Å². The van der Waals surface area contributed by atoms with Crippen LogP contribution in [0.2, 0.25) is 0 Å². The van der Waals surface area contributed by atoms with Crippen molar-refractivity contribution < 1.29 is 4.79 Å². The molecule has 1 aromatic heterocycles. The number of aryl methyl sites for hydroxylation is 2. The molecule has 3 rings (SSSR count). The van der Waals surface area contributed by atoms with Gasteiger partial charge in [-0.25, -0.2) is 0 Å². The Morgan fingerprint density at radius 3 is 2.60 bits per heavy atom. The maximum atomic E-state index is 12.4. The molecule has 0 spiro atoms. The number of nitrogens with zero attached hydrogens (tertiary/aromatic N) is 1. The second kappa shape index (κ2) is 7.06. The number of carbonyl (C=O) groups is 1. The van der Waals surface area contributed by atoms with Crippen LogP contribution in [0.15, 0.2) is 54.1 Å². The van der Waals surface area contributed by atoms with Crippen LogP contribution in [0.4, 0.5) is 0 Å². The molecule has 1 amide bonds. The van der Waals surface area contributed by atoms with E-state index in [1.165, 1.54) is 5.56 Å². The van der Waals surface area contributed by atoms with Gasteiger partial charge in [0.05, 0.1) is 0 Å². The highest BCUT2D eigenvalue weighted by Crippen LogP contribution is 2.24. The molecule has 0 aliphatic carbocycles. The summed E-state index contributed by atoms with van der Waals surface area (Å²) in [5, 5.41) is 13.2. The van der Waals surface area contributed by atoms with Gasteiger partial charge >= 0.3 is 0 Å².